The first-order valence-corrected chi connectivity index (χ1v) is 15.0. The Kier molecular flexibility index (Phi) is 14.7. The Hall–Kier alpha value is -4.23. The number of hydrogen-bond acceptors (Lipinski definition) is 11. The van der Waals surface area contributed by atoms with E-state index in [0.717, 1.165) is 36.1 Å². The molecule has 248 valence electrons. The minimum atomic E-state index is -1.80. The van der Waals surface area contributed by atoms with Gasteiger partial charge in [-0.1, -0.05) is 60.2 Å². The van der Waals surface area contributed by atoms with Gasteiger partial charge in [-0.05, 0) is 37.0 Å². The Morgan fingerprint density at radius 1 is 1.00 bits per heavy atom. The molecule has 1 heterocycles. The van der Waals surface area contributed by atoms with E-state index in [-0.39, 0.29) is 44.2 Å². The fourth-order valence-electron chi connectivity index (χ4n) is 4.92. The number of Topliss-reactive ketones (excluding diaryl/α,β-unsaturated/α-hetero) is 1. The lowest BCUT2D eigenvalue weighted by Gasteiger charge is -2.28. The highest BCUT2D eigenvalue weighted by molar-refractivity contribution is 6.25. The van der Waals surface area contributed by atoms with Gasteiger partial charge in [0.15, 0.2) is 23.8 Å². The van der Waals surface area contributed by atoms with E-state index in [9.17, 15) is 24.0 Å². The summed E-state index contributed by atoms with van der Waals surface area (Å²) in [6.07, 6.45) is -2.67. The molecule has 1 fully saturated rings. The average Bonchev–Trinajstić information content (AvgIpc) is 3.40. The summed E-state index contributed by atoms with van der Waals surface area (Å²) >= 11 is 0. The number of aliphatic hydroxyl groups is 1. The topological polar surface area (TPSA) is 155 Å². The van der Waals surface area contributed by atoms with Crippen LogP contribution in [-0.4, -0.2) is 105 Å². The molecule has 2 aromatic rings. The summed E-state index contributed by atoms with van der Waals surface area (Å²) in [4.78, 5) is 66.7. The lowest BCUT2D eigenvalue weighted by Crippen LogP contribution is -2.53. The van der Waals surface area contributed by atoms with Crippen LogP contribution in [0.1, 0.15) is 36.5 Å². The molecule has 2 amide bonds. The molecule has 0 aromatic heterocycles. The van der Waals surface area contributed by atoms with E-state index in [1.165, 1.54) is 0 Å². The van der Waals surface area contributed by atoms with Crippen LogP contribution in [0.3, 0.4) is 0 Å². The number of imide groups is 1. The number of hydrogen-bond donors (Lipinski definition) is 1. The van der Waals surface area contributed by atoms with Gasteiger partial charge >= 0.3 is 12.1 Å². The van der Waals surface area contributed by atoms with Gasteiger partial charge in [0.1, 0.15) is 6.61 Å². The predicted octanol–water partition coefficient (Wildman–Crippen LogP) is 2.86. The molecule has 1 saturated heterocycles. The van der Waals surface area contributed by atoms with Crippen molar-refractivity contribution in [2.75, 3.05) is 46.8 Å². The Balaban J connectivity index is 1.84. The SMILES string of the molecule is COC(C(=O)N1C(=O)OCC1Cc1ccccc1)C(OC(C)=O)C(=O)C=C(C(=O)CCCOCCOCCO)c1cccc(C)c1. The van der Waals surface area contributed by atoms with Crippen LogP contribution >= 0.6 is 0 Å². The van der Waals surface area contributed by atoms with E-state index in [1.807, 2.05) is 43.3 Å². The van der Waals surface area contributed by atoms with Crippen LogP contribution in [0.15, 0.2) is 60.7 Å². The number of benzene rings is 2. The number of allylic oxidation sites excluding steroid dienone is 1. The molecule has 3 rings (SSSR count). The van der Waals surface area contributed by atoms with Gasteiger partial charge in [0.2, 0.25) is 0 Å². The number of carbonyl (C=O) groups is 5. The van der Waals surface area contributed by atoms with Crippen LogP contribution in [-0.2, 0) is 49.3 Å². The van der Waals surface area contributed by atoms with E-state index in [0.29, 0.717) is 31.6 Å². The summed E-state index contributed by atoms with van der Waals surface area (Å²) in [5.41, 5.74) is 2.22. The molecule has 3 unspecified atom stereocenters. The Morgan fingerprint density at radius 2 is 1.72 bits per heavy atom. The van der Waals surface area contributed by atoms with Gasteiger partial charge in [-0.15, -0.1) is 0 Å². The third kappa shape index (κ3) is 10.7. The number of aryl methyl sites for hydroxylation is 1. The zero-order chi connectivity index (χ0) is 33.5. The largest absolute Gasteiger partial charge is 0.451 e. The van der Waals surface area contributed by atoms with Gasteiger partial charge in [-0.25, -0.2) is 9.69 Å². The van der Waals surface area contributed by atoms with E-state index in [1.54, 1.807) is 18.2 Å². The van der Waals surface area contributed by atoms with Crippen LogP contribution in [0.5, 0.6) is 0 Å². The second kappa shape index (κ2) is 18.7. The molecule has 1 aliphatic heterocycles. The Labute approximate surface area is 268 Å². The summed E-state index contributed by atoms with van der Waals surface area (Å²) in [5, 5.41) is 8.76. The van der Waals surface area contributed by atoms with Crippen molar-refractivity contribution in [1.29, 1.82) is 0 Å². The molecule has 2 aromatic carbocycles. The molecule has 3 atom stereocenters. The van der Waals surface area contributed by atoms with Crippen molar-refractivity contribution < 1.29 is 52.8 Å². The number of methoxy groups -OCH3 is 1. The van der Waals surface area contributed by atoms with Crippen molar-refractivity contribution in [2.24, 2.45) is 0 Å². The van der Waals surface area contributed by atoms with Gasteiger partial charge in [0, 0.05) is 32.6 Å². The minimum absolute atomic E-state index is 0.0379. The lowest BCUT2D eigenvalue weighted by molar-refractivity contribution is -0.166. The van der Waals surface area contributed by atoms with Crippen LogP contribution < -0.4 is 0 Å². The number of esters is 1. The lowest BCUT2D eigenvalue weighted by atomic mass is 9.94. The van der Waals surface area contributed by atoms with Gasteiger partial charge in [0.25, 0.3) is 5.91 Å². The van der Waals surface area contributed by atoms with Gasteiger partial charge in [-0.3, -0.25) is 19.2 Å². The van der Waals surface area contributed by atoms with E-state index in [4.69, 9.17) is 28.8 Å². The molecule has 12 heteroatoms. The standard InChI is InChI=1S/C34H41NO11/c1-23-9-7-12-26(19-23)28(29(38)13-8-15-43-17-18-44-16-14-36)21-30(39)31(46-24(2)37)32(42-3)33(40)35-27(22-45-34(35)41)20-25-10-5-4-6-11-25/h4-7,9-12,19,21,27,31-32,36H,8,13-18,20,22H2,1-3H3. The van der Waals surface area contributed by atoms with Crippen LogP contribution in [0.4, 0.5) is 4.79 Å². The highest BCUT2D eigenvalue weighted by Gasteiger charge is 2.46. The number of nitrogens with zero attached hydrogens (tertiary/aromatic N) is 1. The number of aliphatic hydroxyl groups excluding tert-OH is 1. The molecule has 0 bridgehead atoms. The van der Waals surface area contributed by atoms with E-state index in [2.05, 4.69) is 0 Å². The van der Waals surface area contributed by atoms with Crippen LogP contribution in [0, 0.1) is 6.92 Å². The molecule has 1 aliphatic rings. The first-order chi connectivity index (χ1) is 22.2. The first-order valence-electron chi connectivity index (χ1n) is 15.0. The molecule has 0 aliphatic carbocycles. The molecule has 1 N–H and O–H groups in total. The molecule has 0 saturated carbocycles. The third-order valence-corrected chi connectivity index (χ3v) is 7.07. The normalized spacial score (nSPS) is 16.1. The average molecular weight is 640 g/mol. The predicted molar refractivity (Wildman–Crippen MR) is 166 cm³/mol. The van der Waals surface area contributed by atoms with E-state index < -0.39 is 42.0 Å². The fraction of sp³-hybridized carbons (Fsp3) is 0.441. The summed E-state index contributed by atoms with van der Waals surface area (Å²) < 4.78 is 26.5. The van der Waals surface area contributed by atoms with Crippen molar-refractivity contribution >= 4 is 35.1 Å². The highest BCUT2D eigenvalue weighted by atomic mass is 16.6. The maximum atomic E-state index is 13.8. The summed E-state index contributed by atoms with van der Waals surface area (Å²) in [6.45, 7) is 3.83. The van der Waals surface area contributed by atoms with E-state index >= 15 is 0 Å². The second-order valence-corrected chi connectivity index (χ2v) is 10.6. The summed E-state index contributed by atoms with van der Waals surface area (Å²) in [6, 6.07) is 15.5. The van der Waals surface area contributed by atoms with Gasteiger partial charge in [0.05, 0.1) is 32.5 Å². The van der Waals surface area contributed by atoms with Crippen molar-refractivity contribution in [3.05, 3.63) is 77.4 Å². The number of rotatable bonds is 19. The molecular formula is C34H41NO11. The Morgan fingerprint density at radius 3 is 2.37 bits per heavy atom. The number of ketones is 2. The quantitative estimate of drug-likeness (QED) is 0.137. The number of cyclic esters (lactones) is 1. The number of amides is 2. The monoisotopic (exact) mass is 639 g/mol. The van der Waals surface area contributed by atoms with Crippen molar-refractivity contribution in [1.82, 2.24) is 4.90 Å². The van der Waals surface area contributed by atoms with Gasteiger partial charge in [-0.2, -0.15) is 0 Å². The molecule has 12 nitrogen and oxygen atoms in total. The Bertz CT molecular complexity index is 1370. The third-order valence-electron chi connectivity index (χ3n) is 7.07. The molecule has 46 heavy (non-hydrogen) atoms. The smallest absolute Gasteiger partial charge is 0.417 e. The maximum absolute atomic E-state index is 13.8. The zero-order valence-corrected chi connectivity index (χ0v) is 26.3. The fourth-order valence-corrected chi connectivity index (χ4v) is 4.92. The summed E-state index contributed by atoms with van der Waals surface area (Å²) in [7, 11) is 1.16. The minimum Gasteiger partial charge on any atom is -0.451 e. The first kappa shape index (κ1) is 36.2. The maximum Gasteiger partial charge on any atom is 0.417 e. The molecule has 0 spiro atoms. The van der Waals surface area contributed by atoms with Crippen molar-refractivity contribution in [3.63, 3.8) is 0 Å². The van der Waals surface area contributed by atoms with Crippen LogP contribution in [0.25, 0.3) is 5.57 Å². The number of carbonyl (C=O) groups excluding carboxylic acids is 5. The van der Waals surface area contributed by atoms with Crippen molar-refractivity contribution in [2.45, 2.75) is 51.4 Å². The zero-order valence-electron chi connectivity index (χ0n) is 26.3. The molecule has 0 radical (unpaired) electrons. The highest BCUT2D eigenvalue weighted by Crippen LogP contribution is 2.24. The van der Waals surface area contributed by atoms with Crippen molar-refractivity contribution in [3.8, 4) is 0 Å². The van der Waals surface area contributed by atoms with Gasteiger partial charge < -0.3 is 28.8 Å². The summed E-state index contributed by atoms with van der Waals surface area (Å²) in [5.74, 6) is -3.02. The number of ether oxygens (including phenoxy) is 5. The molecular weight excluding hydrogens is 598 g/mol. The van der Waals surface area contributed by atoms with Crippen LogP contribution in [0.2, 0.25) is 0 Å². The second-order valence-electron chi connectivity index (χ2n) is 10.6.